The number of aromatic amines is 1. The number of rotatable bonds is 2. The van der Waals surface area contributed by atoms with Crippen molar-refractivity contribution in [3.63, 3.8) is 0 Å². The van der Waals surface area contributed by atoms with Crippen molar-refractivity contribution >= 4 is 16.7 Å². The van der Waals surface area contributed by atoms with Crippen LogP contribution in [-0.4, -0.2) is 29.5 Å². The number of hydrogen-bond donors (Lipinski definition) is 1. The summed E-state index contributed by atoms with van der Waals surface area (Å²) in [7, 11) is 0. The molecule has 7 nitrogen and oxygen atoms in total. The quantitative estimate of drug-likeness (QED) is 0.540. The zero-order valence-corrected chi connectivity index (χ0v) is 12.8. The fraction of sp³-hybridized carbons (Fsp3) is 0.0588. The van der Waals surface area contributed by atoms with Gasteiger partial charge in [-0.1, -0.05) is 0 Å². The molecule has 0 saturated carbocycles. The van der Waals surface area contributed by atoms with Gasteiger partial charge in [0.25, 0.3) is 0 Å². The molecular weight excluding hydrogens is 304 g/mol. The number of fused-ring (bicyclic) bond motifs is 2. The Morgan fingerprint density at radius 3 is 2.92 bits per heavy atom. The molecule has 0 unspecified atom stereocenters. The molecule has 0 aliphatic carbocycles. The first-order valence-electron chi connectivity index (χ1n) is 7.48. The van der Waals surface area contributed by atoms with Gasteiger partial charge in [0.2, 0.25) is 0 Å². The van der Waals surface area contributed by atoms with E-state index >= 15 is 0 Å². The van der Waals surface area contributed by atoms with Gasteiger partial charge in [-0.3, -0.25) is 14.5 Å². The van der Waals surface area contributed by atoms with Crippen molar-refractivity contribution in [1.82, 2.24) is 29.5 Å². The number of benzene rings is 1. The standard InChI is InChI=1S/C17H12N6O/c1-10-22-13-4-11(2-3-16(13)24-10)14-9-23-15(12-5-20-21-6-12)7-19-17(23)8-18-14/h2-9H,1H3,(H,20,21). The van der Waals surface area contributed by atoms with E-state index in [1.54, 1.807) is 12.4 Å². The largest absolute Gasteiger partial charge is 0.441 e. The van der Waals surface area contributed by atoms with Crippen molar-refractivity contribution in [2.45, 2.75) is 6.92 Å². The lowest BCUT2D eigenvalue weighted by Crippen LogP contribution is -1.92. The van der Waals surface area contributed by atoms with Crippen LogP contribution >= 0.6 is 0 Å². The summed E-state index contributed by atoms with van der Waals surface area (Å²) >= 11 is 0. The molecular formula is C17H12N6O. The lowest BCUT2D eigenvalue weighted by atomic mass is 10.1. The van der Waals surface area contributed by atoms with Gasteiger partial charge in [-0.15, -0.1) is 0 Å². The molecule has 0 radical (unpaired) electrons. The number of oxazole rings is 1. The molecule has 0 saturated heterocycles. The third-order valence-electron chi connectivity index (χ3n) is 3.98. The van der Waals surface area contributed by atoms with Crippen LogP contribution in [0.1, 0.15) is 5.89 Å². The number of hydrogen-bond acceptors (Lipinski definition) is 5. The smallest absolute Gasteiger partial charge is 0.192 e. The van der Waals surface area contributed by atoms with Crippen LogP contribution in [0.25, 0.3) is 39.3 Å². The lowest BCUT2D eigenvalue weighted by molar-refractivity contribution is 0.561. The van der Waals surface area contributed by atoms with Gasteiger partial charge < -0.3 is 4.42 Å². The molecule has 5 aromatic rings. The van der Waals surface area contributed by atoms with Crippen molar-refractivity contribution in [3.05, 3.63) is 55.1 Å². The molecule has 0 aliphatic heterocycles. The second kappa shape index (κ2) is 4.76. The molecule has 0 atom stereocenters. The van der Waals surface area contributed by atoms with Crippen LogP contribution in [0.2, 0.25) is 0 Å². The third-order valence-corrected chi connectivity index (χ3v) is 3.98. The normalized spacial score (nSPS) is 11.5. The molecule has 0 amide bonds. The molecule has 7 heteroatoms. The summed E-state index contributed by atoms with van der Waals surface area (Å²) in [6.45, 7) is 1.84. The molecule has 116 valence electrons. The molecule has 0 aliphatic rings. The number of nitrogens with one attached hydrogen (secondary N) is 1. The van der Waals surface area contributed by atoms with E-state index in [2.05, 4.69) is 25.1 Å². The van der Waals surface area contributed by atoms with E-state index in [1.807, 2.05) is 48.1 Å². The molecule has 4 heterocycles. The van der Waals surface area contributed by atoms with Gasteiger partial charge in [-0.05, 0) is 18.2 Å². The molecule has 0 bridgehead atoms. The van der Waals surface area contributed by atoms with Gasteiger partial charge in [0.05, 0.1) is 30.0 Å². The third kappa shape index (κ3) is 1.91. The highest BCUT2D eigenvalue weighted by Gasteiger charge is 2.10. The van der Waals surface area contributed by atoms with Crippen LogP contribution in [0.5, 0.6) is 0 Å². The Morgan fingerprint density at radius 2 is 2.04 bits per heavy atom. The minimum absolute atomic E-state index is 0.655. The van der Waals surface area contributed by atoms with Crippen LogP contribution in [0.3, 0.4) is 0 Å². The van der Waals surface area contributed by atoms with Crippen LogP contribution < -0.4 is 0 Å². The van der Waals surface area contributed by atoms with Gasteiger partial charge in [-0.2, -0.15) is 5.10 Å². The Labute approximate surface area is 136 Å². The van der Waals surface area contributed by atoms with Crippen molar-refractivity contribution < 1.29 is 4.42 Å². The van der Waals surface area contributed by atoms with Gasteiger partial charge in [-0.25, -0.2) is 9.97 Å². The molecule has 5 rings (SSSR count). The maximum atomic E-state index is 5.53. The van der Waals surface area contributed by atoms with Gasteiger partial charge >= 0.3 is 0 Å². The molecule has 1 N–H and O–H groups in total. The second-order valence-electron chi connectivity index (χ2n) is 5.55. The summed E-state index contributed by atoms with van der Waals surface area (Å²) in [5.74, 6) is 0.655. The number of aryl methyl sites for hydroxylation is 1. The molecule has 24 heavy (non-hydrogen) atoms. The Hall–Kier alpha value is -3.48. The average molecular weight is 316 g/mol. The first kappa shape index (κ1) is 13.0. The topological polar surface area (TPSA) is 84.9 Å². The first-order valence-corrected chi connectivity index (χ1v) is 7.48. The fourth-order valence-corrected chi connectivity index (χ4v) is 2.84. The lowest BCUT2D eigenvalue weighted by Gasteiger charge is -2.04. The van der Waals surface area contributed by atoms with Gasteiger partial charge in [0.15, 0.2) is 17.1 Å². The molecule has 4 aromatic heterocycles. The fourth-order valence-electron chi connectivity index (χ4n) is 2.84. The second-order valence-corrected chi connectivity index (χ2v) is 5.55. The number of H-pyrrole nitrogens is 1. The zero-order chi connectivity index (χ0) is 16.1. The van der Waals surface area contributed by atoms with E-state index in [9.17, 15) is 0 Å². The summed E-state index contributed by atoms with van der Waals surface area (Å²) in [5.41, 5.74) is 6.14. The molecule has 0 fully saturated rings. The predicted molar refractivity (Wildman–Crippen MR) is 88.3 cm³/mol. The van der Waals surface area contributed by atoms with Crippen molar-refractivity contribution in [2.24, 2.45) is 0 Å². The summed E-state index contributed by atoms with van der Waals surface area (Å²) in [6.07, 6.45) is 9.16. The Kier molecular flexibility index (Phi) is 2.58. The summed E-state index contributed by atoms with van der Waals surface area (Å²) in [5, 5.41) is 6.83. The van der Waals surface area contributed by atoms with E-state index in [0.717, 1.165) is 39.3 Å². The van der Waals surface area contributed by atoms with E-state index in [-0.39, 0.29) is 0 Å². The monoisotopic (exact) mass is 316 g/mol. The maximum absolute atomic E-state index is 5.53. The number of nitrogens with zero attached hydrogens (tertiary/aromatic N) is 5. The highest BCUT2D eigenvalue weighted by molar-refractivity contribution is 5.79. The minimum atomic E-state index is 0.655. The maximum Gasteiger partial charge on any atom is 0.192 e. The van der Waals surface area contributed by atoms with Crippen LogP contribution in [0.4, 0.5) is 0 Å². The van der Waals surface area contributed by atoms with Crippen LogP contribution in [-0.2, 0) is 0 Å². The predicted octanol–water partition coefficient (Wildman–Crippen LogP) is 3.24. The Morgan fingerprint density at radius 1 is 1.08 bits per heavy atom. The van der Waals surface area contributed by atoms with E-state index < -0.39 is 0 Å². The minimum Gasteiger partial charge on any atom is -0.441 e. The van der Waals surface area contributed by atoms with E-state index in [4.69, 9.17) is 4.42 Å². The zero-order valence-electron chi connectivity index (χ0n) is 12.8. The SMILES string of the molecule is Cc1nc2cc(-c3cn4c(-c5cn[nH]c5)cnc4cn3)ccc2o1. The van der Waals surface area contributed by atoms with Gasteiger partial charge in [0, 0.05) is 30.4 Å². The number of imidazole rings is 1. The van der Waals surface area contributed by atoms with Crippen molar-refractivity contribution in [3.8, 4) is 22.5 Å². The molecule has 0 spiro atoms. The highest BCUT2D eigenvalue weighted by Crippen LogP contribution is 2.25. The first-order chi connectivity index (χ1) is 11.8. The molecule has 1 aromatic carbocycles. The van der Waals surface area contributed by atoms with Crippen LogP contribution in [0, 0.1) is 6.92 Å². The highest BCUT2D eigenvalue weighted by atomic mass is 16.3. The van der Waals surface area contributed by atoms with Crippen molar-refractivity contribution in [1.29, 1.82) is 0 Å². The summed E-state index contributed by atoms with van der Waals surface area (Å²) < 4.78 is 7.53. The summed E-state index contributed by atoms with van der Waals surface area (Å²) in [6, 6.07) is 5.88. The average Bonchev–Trinajstić information content (AvgIpc) is 3.31. The van der Waals surface area contributed by atoms with E-state index in [1.165, 1.54) is 0 Å². The Bertz CT molecular complexity index is 1170. The van der Waals surface area contributed by atoms with E-state index in [0.29, 0.717) is 5.89 Å². The van der Waals surface area contributed by atoms with Crippen LogP contribution in [0.15, 0.2) is 53.6 Å². The summed E-state index contributed by atoms with van der Waals surface area (Å²) in [4.78, 5) is 13.3. The van der Waals surface area contributed by atoms with Crippen molar-refractivity contribution in [2.75, 3.05) is 0 Å². The Balaban J connectivity index is 1.69. The van der Waals surface area contributed by atoms with Gasteiger partial charge in [0.1, 0.15) is 5.52 Å². The number of aromatic nitrogens is 6.